The Morgan fingerprint density at radius 1 is 1.54 bits per heavy atom. The number of nitrogens with two attached hydrogens (primary N) is 1. The molecule has 0 amide bonds. The number of rotatable bonds is 2. The summed E-state index contributed by atoms with van der Waals surface area (Å²) in [5.74, 6) is -0.334. The first-order chi connectivity index (χ1) is 6.11. The molecular formula is C9H12FN3. The van der Waals surface area contributed by atoms with Crippen molar-refractivity contribution in [3.05, 3.63) is 35.6 Å². The zero-order valence-electron chi connectivity index (χ0n) is 7.42. The molecule has 0 heterocycles. The van der Waals surface area contributed by atoms with Gasteiger partial charge >= 0.3 is 0 Å². The summed E-state index contributed by atoms with van der Waals surface area (Å²) < 4.78 is 13.1. The summed E-state index contributed by atoms with van der Waals surface area (Å²) in [6, 6.07) is 6.46. The Morgan fingerprint density at radius 2 is 2.15 bits per heavy atom. The molecule has 0 radical (unpaired) electrons. The van der Waals surface area contributed by atoms with E-state index in [1.165, 1.54) is 11.0 Å². The van der Waals surface area contributed by atoms with Crippen molar-refractivity contribution in [3.8, 4) is 0 Å². The molecular weight excluding hydrogens is 169 g/mol. The van der Waals surface area contributed by atoms with Crippen molar-refractivity contribution in [1.29, 1.82) is 5.41 Å². The molecule has 1 aromatic rings. The predicted octanol–water partition coefficient (Wildman–Crippen LogP) is 1.15. The fraction of sp³-hybridized carbons (Fsp3) is 0.222. The van der Waals surface area contributed by atoms with E-state index < -0.39 is 0 Å². The smallest absolute Gasteiger partial charge is 0.188 e. The highest BCUT2D eigenvalue weighted by Crippen LogP contribution is 2.07. The number of nitrogens with one attached hydrogen (secondary N) is 1. The second-order valence-corrected chi connectivity index (χ2v) is 2.83. The number of guanidine groups is 1. The van der Waals surface area contributed by atoms with E-state index in [-0.39, 0.29) is 11.8 Å². The van der Waals surface area contributed by atoms with Crippen molar-refractivity contribution in [3.63, 3.8) is 0 Å². The molecule has 3 N–H and O–H groups in total. The van der Waals surface area contributed by atoms with Crippen molar-refractivity contribution < 1.29 is 4.39 Å². The van der Waals surface area contributed by atoms with Crippen LogP contribution in [-0.2, 0) is 6.54 Å². The van der Waals surface area contributed by atoms with Gasteiger partial charge in [-0.2, -0.15) is 0 Å². The van der Waals surface area contributed by atoms with Crippen LogP contribution in [0, 0.1) is 11.2 Å². The Hall–Kier alpha value is -1.58. The molecule has 0 aliphatic rings. The Bertz CT molecular complexity index is 311. The van der Waals surface area contributed by atoms with Gasteiger partial charge < -0.3 is 10.6 Å². The van der Waals surface area contributed by atoms with E-state index in [9.17, 15) is 4.39 Å². The number of hydrogen-bond donors (Lipinski definition) is 2. The van der Waals surface area contributed by atoms with Crippen LogP contribution in [0.1, 0.15) is 5.56 Å². The first-order valence-corrected chi connectivity index (χ1v) is 3.90. The van der Waals surface area contributed by atoms with Crippen LogP contribution >= 0.6 is 0 Å². The molecule has 13 heavy (non-hydrogen) atoms. The first kappa shape index (κ1) is 9.51. The summed E-state index contributed by atoms with van der Waals surface area (Å²) in [6.07, 6.45) is 0. The summed E-state index contributed by atoms with van der Waals surface area (Å²) in [7, 11) is 1.65. The third kappa shape index (κ3) is 2.43. The van der Waals surface area contributed by atoms with Gasteiger partial charge in [0, 0.05) is 19.2 Å². The van der Waals surface area contributed by atoms with Gasteiger partial charge in [0.05, 0.1) is 0 Å². The number of nitrogens with zero attached hydrogens (tertiary/aromatic N) is 1. The molecule has 0 spiro atoms. The topological polar surface area (TPSA) is 53.1 Å². The molecule has 0 atom stereocenters. The molecule has 0 bridgehead atoms. The van der Waals surface area contributed by atoms with Gasteiger partial charge in [-0.3, -0.25) is 5.41 Å². The lowest BCUT2D eigenvalue weighted by molar-refractivity contribution is 0.472. The molecule has 0 aliphatic heterocycles. The maximum atomic E-state index is 13.1. The molecule has 0 aliphatic carbocycles. The van der Waals surface area contributed by atoms with Crippen LogP contribution in [0.15, 0.2) is 24.3 Å². The first-order valence-electron chi connectivity index (χ1n) is 3.90. The van der Waals surface area contributed by atoms with Crippen molar-refractivity contribution in [2.75, 3.05) is 7.05 Å². The lowest BCUT2D eigenvalue weighted by Crippen LogP contribution is -2.32. The summed E-state index contributed by atoms with van der Waals surface area (Å²) in [6.45, 7) is 0.321. The zero-order chi connectivity index (χ0) is 9.84. The lowest BCUT2D eigenvalue weighted by Gasteiger charge is -2.16. The molecule has 70 valence electrons. The molecule has 0 saturated carbocycles. The highest BCUT2D eigenvalue weighted by atomic mass is 19.1. The van der Waals surface area contributed by atoms with E-state index in [0.29, 0.717) is 12.1 Å². The second kappa shape index (κ2) is 3.89. The van der Waals surface area contributed by atoms with Gasteiger partial charge in [0.2, 0.25) is 0 Å². The normalized spacial score (nSPS) is 9.69. The maximum Gasteiger partial charge on any atom is 0.188 e. The summed E-state index contributed by atoms with van der Waals surface area (Å²) in [5, 5.41) is 7.10. The standard InChI is InChI=1S/C9H12FN3/c1-13(9(11)12)6-7-4-2-3-5-8(7)10/h2-5H,6H2,1H3,(H3,11,12). The van der Waals surface area contributed by atoms with Crippen LogP contribution in [0.3, 0.4) is 0 Å². The Balaban J connectivity index is 2.74. The molecule has 0 saturated heterocycles. The van der Waals surface area contributed by atoms with E-state index >= 15 is 0 Å². The molecule has 0 aromatic heterocycles. The van der Waals surface area contributed by atoms with Crippen LogP contribution < -0.4 is 5.73 Å². The summed E-state index contributed by atoms with van der Waals surface area (Å²) >= 11 is 0. The van der Waals surface area contributed by atoms with Gasteiger partial charge in [0.1, 0.15) is 5.82 Å². The van der Waals surface area contributed by atoms with E-state index in [4.69, 9.17) is 11.1 Å². The fourth-order valence-corrected chi connectivity index (χ4v) is 0.967. The van der Waals surface area contributed by atoms with E-state index in [1.807, 2.05) is 0 Å². The highest BCUT2D eigenvalue weighted by molar-refractivity contribution is 5.74. The average Bonchev–Trinajstić information content (AvgIpc) is 2.08. The predicted molar refractivity (Wildman–Crippen MR) is 49.8 cm³/mol. The Kier molecular flexibility index (Phi) is 2.84. The minimum Gasteiger partial charge on any atom is -0.370 e. The zero-order valence-corrected chi connectivity index (χ0v) is 7.42. The van der Waals surface area contributed by atoms with Crippen LogP contribution in [-0.4, -0.2) is 17.9 Å². The van der Waals surface area contributed by atoms with E-state index in [0.717, 1.165) is 0 Å². The van der Waals surface area contributed by atoms with Gasteiger partial charge in [0.25, 0.3) is 0 Å². The highest BCUT2D eigenvalue weighted by Gasteiger charge is 2.04. The van der Waals surface area contributed by atoms with Gasteiger partial charge in [-0.15, -0.1) is 0 Å². The molecule has 0 fully saturated rings. The quantitative estimate of drug-likeness (QED) is 0.531. The Morgan fingerprint density at radius 3 is 2.69 bits per heavy atom. The molecule has 4 heteroatoms. The van der Waals surface area contributed by atoms with E-state index in [2.05, 4.69) is 0 Å². The number of benzene rings is 1. The molecule has 1 rings (SSSR count). The van der Waals surface area contributed by atoms with E-state index in [1.54, 1.807) is 25.2 Å². The van der Waals surface area contributed by atoms with Gasteiger partial charge in [-0.25, -0.2) is 4.39 Å². The van der Waals surface area contributed by atoms with Crippen molar-refractivity contribution in [2.45, 2.75) is 6.54 Å². The van der Waals surface area contributed by atoms with Crippen LogP contribution in [0.2, 0.25) is 0 Å². The summed E-state index contributed by atoms with van der Waals surface area (Å²) in [4.78, 5) is 1.47. The largest absolute Gasteiger partial charge is 0.370 e. The minimum atomic E-state index is -0.268. The third-order valence-electron chi connectivity index (χ3n) is 1.78. The van der Waals surface area contributed by atoms with Crippen LogP contribution in [0.25, 0.3) is 0 Å². The SMILES string of the molecule is CN(Cc1ccccc1F)C(=N)N. The number of hydrogen-bond acceptors (Lipinski definition) is 1. The minimum absolute atomic E-state index is 0.0664. The molecule has 3 nitrogen and oxygen atoms in total. The van der Waals surface area contributed by atoms with Gasteiger partial charge in [0.15, 0.2) is 5.96 Å². The van der Waals surface area contributed by atoms with Gasteiger partial charge in [-0.05, 0) is 6.07 Å². The number of halogens is 1. The monoisotopic (exact) mass is 181 g/mol. The molecule has 0 unspecified atom stereocenters. The molecule has 1 aromatic carbocycles. The van der Waals surface area contributed by atoms with Crippen LogP contribution in [0.4, 0.5) is 4.39 Å². The fourth-order valence-electron chi connectivity index (χ4n) is 0.967. The van der Waals surface area contributed by atoms with Crippen LogP contribution in [0.5, 0.6) is 0 Å². The van der Waals surface area contributed by atoms with Gasteiger partial charge in [-0.1, -0.05) is 18.2 Å². The second-order valence-electron chi connectivity index (χ2n) is 2.83. The maximum absolute atomic E-state index is 13.1. The third-order valence-corrected chi connectivity index (χ3v) is 1.78. The average molecular weight is 181 g/mol. The summed E-state index contributed by atoms with van der Waals surface area (Å²) in [5.41, 5.74) is 5.76. The Labute approximate surface area is 76.5 Å². The van der Waals surface area contributed by atoms with Crippen molar-refractivity contribution >= 4 is 5.96 Å². The lowest BCUT2D eigenvalue weighted by atomic mass is 10.2. The van der Waals surface area contributed by atoms with Crippen molar-refractivity contribution in [2.24, 2.45) is 5.73 Å². The van der Waals surface area contributed by atoms with Crippen molar-refractivity contribution in [1.82, 2.24) is 4.90 Å².